The number of anilines is 3. The lowest BCUT2D eigenvalue weighted by atomic mass is 10.1. The van der Waals surface area contributed by atoms with Crippen LogP contribution in [0.25, 0.3) is 0 Å². The van der Waals surface area contributed by atoms with E-state index in [4.69, 9.17) is 4.74 Å². The maximum absolute atomic E-state index is 13.0. The standard InChI is InChI=1S/C15H17F3N4O/c1-23-8-4-7-19-13-9-14(21-10-20-13)22-12-6-3-2-5-11(12)15(16,17)18/h2-3,5-6,9-10H,4,7-8H2,1H3,(H2,19,20,21,22). The lowest BCUT2D eigenvalue weighted by molar-refractivity contribution is -0.136. The first-order valence-electron chi connectivity index (χ1n) is 6.99. The number of alkyl halides is 3. The number of benzene rings is 1. The van der Waals surface area contributed by atoms with Crippen molar-refractivity contribution >= 4 is 17.3 Å². The first-order chi connectivity index (χ1) is 11.0. The Hall–Kier alpha value is -2.35. The van der Waals surface area contributed by atoms with E-state index in [9.17, 15) is 13.2 Å². The summed E-state index contributed by atoms with van der Waals surface area (Å²) in [5.74, 6) is 0.814. The van der Waals surface area contributed by atoms with Gasteiger partial charge in [-0.2, -0.15) is 13.2 Å². The Morgan fingerprint density at radius 3 is 2.61 bits per heavy atom. The van der Waals surface area contributed by atoms with E-state index in [0.717, 1.165) is 12.5 Å². The molecule has 0 radical (unpaired) electrons. The summed E-state index contributed by atoms with van der Waals surface area (Å²) in [6.07, 6.45) is -2.35. The molecule has 0 saturated heterocycles. The van der Waals surface area contributed by atoms with Crippen molar-refractivity contribution in [2.24, 2.45) is 0 Å². The minimum atomic E-state index is -4.43. The van der Waals surface area contributed by atoms with Gasteiger partial charge in [0.1, 0.15) is 18.0 Å². The van der Waals surface area contributed by atoms with Crippen molar-refractivity contribution in [3.8, 4) is 0 Å². The molecule has 1 heterocycles. The van der Waals surface area contributed by atoms with E-state index in [1.165, 1.54) is 24.5 Å². The summed E-state index contributed by atoms with van der Waals surface area (Å²) in [4.78, 5) is 7.97. The normalized spacial score (nSPS) is 11.3. The van der Waals surface area contributed by atoms with Gasteiger partial charge in [0.15, 0.2) is 0 Å². The Morgan fingerprint density at radius 1 is 1.13 bits per heavy atom. The number of hydrogen-bond acceptors (Lipinski definition) is 5. The molecule has 2 rings (SSSR count). The number of nitrogens with one attached hydrogen (secondary N) is 2. The van der Waals surface area contributed by atoms with Gasteiger partial charge in [-0.25, -0.2) is 9.97 Å². The van der Waals surface area contributed by atoms with Crippen molar-refractivity contribution in [2.45, 2.75) is 12.6 Å². The molecule has 0 unspecified atom stereocenters. The van der Waals surface area contributed by atoms with Crippen LogP contribution in [0.2, 0.25) is 0 Å². The number of methoxy groups -OCH3 is 1. The fourth-order valence-electron chi connectivity index (χ4n) is 1.93. The molecule has 0 saturated carbocycles. The van der Waals surface area contributed by atoms with Crippen LogP contribution in [-0.4, -0.2) is 30.2 Å². The average Bonchev–Trinajstić information content (AvgIpc) is 2.51. The molecule has 0 amide bonds. The van der Waals surface area contributed by atoms with Crippen LogP contribution in [0.5, 0.6) is 0 Å². The molecule has 0 bridgehead atoms. The molecule has 0 spiro atoms. The molecule has 124 valence electrons. The highest BCUT2D eigenvalue weighted by Gasteiger charge is 2.33. The fraction of sp³-hybridized carbons (Fsp3) is 0.333. The molecular formula is C15H17F3N4O. The van der Waals surface area contributed by atoms with Gasteiger partial charge in [-0.3, -0.25) is 0 Å². The number of hydrogen-bond donors (Lipinski definition) is 2. The van der Waals surface area contributed by atoms with E-state index in [1.54, 1.807) is 13.2 Å². The van der Waals surface area contributed by atoms with Crippen molar-refractivity contribution < 1.29 is 17.9 Å². The summed E-state index contributed by atoms with van der Waals surface area (Å²) < 4.78 is 43.9. The lowest BCUT2D eigenvalue weighted by Crippen LogP contribution is -2.10. The van der Waals surface area contributed by atoms with Crippen molar-refractivity contribution in [1.29, 1.82) is 0 Å². The van der Waals surface area contributed by atoms with Gasteiger partial charge in [-0.1, -0.05) is 12.1 Å². The first-order valence-corrected chi connectivity index (χ1v) is 6.99. The number of ether oxygens (including phenoxy) is 1. The molecule has 1 aromatic carbocycles. The minimum absolute atomic E-state index is 0.0518. The molecule has 0 fully saturated rings. The Morgan fingerprint density at radius 2 is 1.87 bits per heavy atom. The monoisotopic (exact) mass is 326 g/mol. The highest BCUT2D eigenvalue weighted by atomic mass is 19.4. The predicted molar refractivity (Wildman–Crippen MR) is 81.7 cm³/mol. The third-order valence-corrected chi connectivity index (χ3v) is 2.99. The van der Waals surface area contributed by atoms with Crippen LogP contribution in [-0.2, 0) is 10.9 Å². The molecule has 1 aromatic heterocycles. The van der Waals surface area contributed by atoms with E-state index < -0.39 is 11.7 Å². The van der Waals surface area contributed by atoms with Crippen LogP contribution in [0, 0.1) is 0 Å². The van der Waals surface area contributed by atoms with E-state index in [2.05, 4.69) is 20.6 Å². The zero-order valence-electron chi connectivity index (χ0n) is 12.5. The third-order valence-electron chi connectivity index (χ3n) is 2.99. The van der Waals surface area contributed by atoms with Crippen molar-refractivity contribution in [2.75, 3.05) is 30.9 Å². The van der Waals surface area contributed by atoms with Crippen LogP contribution < -0.4 is 10.6 Å². The molecule has 0 aliphatic rings. The molecule has 2 aromatic rings. The van der Waals surface area contributed by atoms with Gasteiger partial charge >= 0.3 is 6.18 Å². The van der Waals surface area contributed by atoms with Crippen LogP contribution in [0.4, 0.5) is 30.5 Å². The number of rotatable bonds is 7. The predicted octanol–water partition coefficient (Wildman–Crippen LogP) is 3.69. The molecule has 0 atom stereocenters. The molecule has 0 aliphatic carbocycles. The molecule has 2 N–H and O–H groups in total. The summed E-state index contributed by atoms with van der Waals surface area (Å²) in [6, 6.07) is 6.81. The van der Waals surface area contributed by atoms with E-state index in [0.29, 0.717) is 19.0 Å². The van der Waals surface area contributed by atoms with Crippen LogP contribution in [0.15, 0.2) is 36.7 Å². The van der Waals surface area contributed by atoms with Gasteiger partial charge in [0.05, 0.1) is 11.3 Å². The Kier molecular flexibility index (Phi) is 5.75. The second-order valence-corrected chi connectivity index (χ2v) is 4.73. The van der Waals surface area contributed by atoms with E-state index >= 15 is 0 Å². The lowest BCUT2D eigenvalue weighted by Gasteiger charge is -2.14. The second kappa shape index (κ2) is 7.77. The van der Waals surface area contributed by atoms with Gasteiger partial charge in [-0.15, -0.1) is 0 Å². The van der Waals surface area contributed by atoms with Crippen molar-refractivity contribution in [1.82, 2.24) is 9.97 Å². The van der Waals surface area contributed by atoms with Gasteiger partial charge < -0.3 is 15.4 Å². The van der Waals surface area contributed by atoms with Crippen molar-refractivity contribution in [3.05, 3.63) is 42.2 Å². The number of para-hydroxylation sites is 1. The zero-order chi connectivity index (χ0) is 16.7. The molecule has 8 heteroatoms. The zero-order valence-corrected chi connectivity index (χ0v) is 12.5. The quantitative estimate of drug-likeness (QED) is 0.760. The minimum Gasteiger partial charge on any atom is -0.385 e. The largest absolute Gasteiger partial charge is 0.418 e. The second-order valence-electron chi connectivity index (χ2n) is 4.73. The summed E-state index contributed by atoms with van der Waals surface area (Å²) in [7, 11) is 1.62. The topological polar surface area (TPSA) is 59.1 Å². The van der Waals surface area contributed by atoms with Gasteiger partial charge in [0.2, 0.25) is 0 Å². The molecule has 23 heavy (non-hydrogen) atoms. The summed E-state index contributed by atoms with van der Waals surface area (Å²) in [5.41, 5.74) is -0.794. The van der Waals surface area contributed by atoms with Crippen molar-refractivity contribution in [3.63, 3.8) is 0 Å². The maximum atomic E-state index is 13.0. The van der Waals surface area contributed by atoms with Crippen LogP contribution >= 0.6 is 0 Å². The smallest absolute Gasteiger partial charge is 0.385 e. The Bertz CT molecular complexity index is 634. The van der Waals surface area contributed by atoms with Gasteiger partial charge in [0.25, 0.3) is 0 Å². The summed E-state index contributed by atoms with van der Waals surface area (Å²) in [5, 5.41) is 5.74. The average molecular weight is 326 g/mol. The Balaban J connectivity index is 2.09. The third kappa shape index (κ3) is 5.10. The van der Waals surface area contributed by atoms with Gasteiger partial charge in [-0.05, 0) is 18.6 Å². The Labute approximate surface area is 131 Å². The van der Waals surface area contributed by atoms with E-state index in [1.807, 2.05) is 0 Å². The highest BCUT2D eigenvalue weighted by Crippen LogP contribution is 2.35. The van der Waals surface area contributed by atoms with Crippen LogP contribution in [0.3, 0.4) is 0 Å². The SMILES string of the molecule is COCCCNc1cc(Nc2ccccc2C(F)(F)F)ncn1. The van der Waals surface area contributed by atoms with Crippen LogP contribution in [0.1, 0.15) is 12.0 Å². The number of nitrogens with zero attached hydrogens (tertiary/aromatic N) is 2. The molecular weight excluding hydrogens is 309 g/mol. The number of aromatic nitrogens is 2. The summed E-state index contributed by atoms with van der Waals surface area (Å²) >= 11 is 0. The number of halogens is 3. The molecule has 5 nitrogen and oxygen atoms in total. The molecule has 0 aliphatic heterocycles. The van der Waals surface area contributed by atoms with Gasteiger partial charge in [0, 0.05) is 26.3 Å². The maximum Gasteiger partial charge on any atom is 0.418 e. The first kappa shape index (κ1) is 17.0. The van der Waals surface area contributed by atoms with E-state index in [-0.39, 0.29) is 11.5 Å². The summed E-state index contributed by atoms with van der Waals surface area (Å²) in [6.45, 7) is 1.26. The highest BCUT2D eigenvalue weighted by molar-refractivity contribution is 5.63. The fourth-order valence-corrected chi connectivity index (χ4v) is 1.93.